The van der Waals surface area contributed by atoms with Gasteiger partial charge in [-0.15, -0.1) is 0 Å². The summed E-state index contributed by atoms with van der Waals surface area (Å²) in [5.74, 6) is -2.26. The zero-order valence-corrected chi connectivity index (χ0v) is 11.9. The molecule has 0 heterocycles. The van der Waals surface area contributed by atoms with E-state index in [9.17, 15) is 13.6 Å². The number of carbonyl (C=O) groups is 1. The average molecular weight is 270 g/mol. The number of carbonyl (C=O) groups excluding carboxylic acids is 1. The minimum absolute atomic E-state index is 0.0391. The fourth-order valence-corrected chi connectivity index (χ4v) is 1.67. The molecule has 0 aliphatic heterocycles. The minimum Gasteiger partial charge on any atom is -0.394 e. The number of rotatable bonds is 2. The Bertz CT molecular complexity index is 472. The Balaban J connectivity index is 3.08. The van der Waals surface area contributed by atoms with Crippen LogP contribution in [0.1, 0.15) is 38.1 Å². The van der Waals surface area contributed by atoms with Crippen LogP contribution in [0.3, 0.4) is 0 Å². The van der Waals surface area contributed by atoms with Crippen LogP contribution in [0.4, 0.5) is 14.5 Å². The summed E-state index contributed by atoms with van der Waals surface area (Å²) < 4.78 is 26.7. The number of hydrogen-bond donors (Lipinski definition) is 1. The summed E-state index contributed by atoms with van der Waals surface area (Å²) >= 11 is 0. The second-order valence-electron chi connectivity index (χ2n) is 5.81. The van der Waals surface area contributed by atoms with Gasteiger partial charge in [-0.05, 0) is 24.5 Å². The number of nitrogens with zero attached hydrogens (tertiary/aromatic N) is 1. The van der Waals surface area contributed by atoms with Gasteiger partial charge < -0.3 is 10.6 Å². The normalized spacial score (nSPS) is 13.2. The molecule has 106 valence electrons. The fraction of sp³-hybridized carbons (Fsp3) is 0.500. The highest BCUT2D eigenvalue weighted by Gasteiger charge is 2.28. The molecule has 1 unspecified atom stereocenters. The Morgan fingerprint density at radius 2 is 1.68 bits per heavy atom. The molecule has 0 saturated carbocycles. The van der Waals surface area contributed by atoms with Gasteiger partial charge in [-0.1, -0.05) is 20.8 Å². The van der Waals surface area contributed by atoms with Crippen LogP contribution in [-0.4, -0.2) is 23.9 Å². The molecule has 1 amide bonds. The van der Waals surface area contributed by atoms with Gasteiger partial charge in [0.1, 0.15) is 17.3 Å². The van der Waals surface area contributed by atoms with Gasteiger partial charge >= 0.3 is 0 Å². The summed E-state index contributed by atoms with van der Waals surface area (Å²) in [4.78, 5) is 13.7. The molecule has 1 atom stereocenters. The van der Waals surface area contributed by atoms with Crippen molar-refractivity contribution in [3.05, 3.63) is 29.3 Å². The van der Waals surface area contributed by atoms with Crippen LogP contribution in [0, 0.1) is 17.0 Å². The highest BCUT2D eigenvalue weighted by molar-refractivity contribution is 5.94. The average Bonchev–Trinajstić information content (AvgIpc) is 2.31. The van der Waals surface area contributed by atoms with Crippen LogP contribution < -0.4 is 5.73 Å². The molecule has 0 aliphatic rings. The van der Waals surface area contributed by atoms with E-state index in [0.29, 0.717) is 0 Å². The number of hydrogen-bond acceptors (Lipinski definition) is 2. The Kier molecular flexibility index (Phi) is 4.18. The van der Waals surface area contributed by atoms with Crippen LogP contribution in [0.2, 0.25) is 0 Å². The third kappa shape index (κ3) is 3.22. The Morgan fingerprint density at radius 1 is 1.26 bits per heavy atom. The quantitative estimate of drug-likeness (QED) is 0.839. The van der Waals surface area contributed by atoms with Crippen molar-refractivity contribution in [3.63, 3.8) is 0 Å². The highest BCUT2D eigenvalue weighted by Crippen LogP contribution is 2.25. The van der Waals surface area contributed by atoms with E-state index in [1.807, 2.05) is 27.7 Å². The zero-order valence-electron chi connectivity index (χ0n) is 11.9. The van der Waals surface area contributed by atoms with E-state index in [2.05, 4.69) is 0 Å². The topological polar surface area (TPSA) is 46.3 Å². The predicted octanol–water partition coefficient (Wildman–Crippen LogP) is 3.05. The zero-order chi connectivity index (χ0) is 15.0. The molecule has 0 fully saturated rings. The number of benzene rings is 1. The maximum Gasteiger partial charge on any atom is 0.254 e. The van der Waals surface area contributed by atoms with E-state index < -0.39 is 23.2 Å². The van der Waals surface area contributed by atoms with Crippen LogP contribution in [0.5, 0.6) is 0 Å². The highest BCUT2D eigenvalue weighted by atomic mass is 19.1. The second kappa shape index (κ2) is 5.15. The van der Waals surface area contributed by atoms with Crippen molar-refractivity contribution < 1.29 is 13.6 Å². The Labute approximate surface area is 112 Å². The van der Waals surface area contributed by atoms with E-state index >= 15 is 0 Å². The molecule has 0 bridgehead atoms. The van der Waals surface area contributed by atoms with Crippen molar-refractivity contribution in [1.82, 2.24) is 4.90 Å². The lowest BCUT2D eigenvalue weighted by Crippen LogP contribution is -2.43. The van der Waals surface area contributed by atoms with Crippen molar-refractivity contribution in [2.45, 2.75) is 33.7 Å². The van der Waals surface area contributed by atoms with Gasteiger partial charge in [0.2, 0.25) is 0 Å². The molecule has 5 heteroatoms. The first kappa shape index (κ1) is 15.4. The molecule has 0 aromatic heterocycles. The molecule has 19 heavy (non-hydrogen) atoms. The summed E-state index contributed by atoms with van der Waals surface area (Å²) in [5, 5.41) is 0. The third-order valence-corrected chi connectivity index (χ3v) is 3.48. The number of anilines is 1. The van der Waals surface area contributed by atoms with Crippen LogP contribution in [0.25, 0.3) is 0 Å². The summed E-state index contributed by atoms with van der Waals surface area (Å²) in [6, 6.07) is 1.85. The lowest BCUT2D eigenvalue weighted by atomic mass is 9.87. The minimum atomic E-state index is -0.917. The number of nitrogens with two attached hydrogens (primary N) is 1. The molecule has 1 aromatic carbocycles. The first-order chi connectivity index (χ1) is 8.55. The SMILES string of the molecule is CC(N(C)C(=O)c1cc(F)c(N)c(F)c1)C(C)(C)C. The van der Waals surface area contributed by atoms with E-state index in [1.165, 1.54) is 4.90 Å². The number of nitrogen functional groups attached to an aromatic ring is 1. The van der Waals surface area contributed by atoms with Crippen molar-refractivity contribution in [2.24, 2.45) is 5.41 Å². The lowest BCUT2D eigenvalue weighted by Gasteiger charge is -2.35. The lowest BCUT2D eigenvalue weighted by molar-refractivity contribution is 0.0628. The van der Waals surface area contributed by atoms with Crippen molar-refractivity contribution >= 4 is 11.6 Å². The largest absolute Gasteiger partial charge is 0.394 e. The molecule has 1 rings (SSSR count). The molecule has 1 aromatic rings. The number of amides is 1. The monoisotopic (exact) mass is 270 g/mol. The molecule has 0 radical (unpaired) electrons. The van der Waals surface area contributed by atoms with E-state index in [-0.39, 0.29) is 17.0 Å². The molecular weight excluding hydrogens is 250 g/mol. The van der Waals surface area contributed by atoms with Gasteiger partial charge in [-0.25, -0.2) is 8.78 Å². The van der Waals surface area contributed by atoms with Gasteiger partial charge in [0.25, 0.3) is 5.91 Å². The standard InChI is InChI=1S/C14H20F2N2O/c1-8(14(2,3)4)18(5)13(19)9-6-10(15)12(17)11(16)7-9/h6-8H,17H2,1-5H3. The third-order valence-electron chi connectivity index (χ3n) is 3.48. The van der Waals surface area contributed by atoms with E-state index in [1.54, 1.807) is 7.05 Å². The van der Waals surface area contributed by atoms with Crippen molar-refractivity contribution in [2.75, 3.05) is 12.8 Å². The smallest absolute Gasteiger partial charge is 0.254 e. The second-order valence-corrected chi connectivity index (χ2v) is 5.81. The summed E-state index contributed by atoms with van der Waals surface area (Å²) in [5.41, 5.74) is 4.45. The molecular formula is C14H20F2N2O. The molecule has 2 N–H and O–H groups in total. The summed E-state index contributed by atoms with van der Waals surface area (Å²) in [6.07, 6.45) is 0. The summed E-state index contributed by atoms with van der Waals surface area (Å²) in [6.45, 7) is 7.87. The molecule has 0 aliphatic carbocycles. The summed E-state index contributed by atoms with van der Waals surface area (Å²) in [7, 11) is 1.62. The maximum atomic E-state index is 13.4. The van der Waals surface area contributed by atoms with E-state index in [4.69, 9.17) is 5.73 Å². The van der Waals surface area contributed by atoms with Crippen LogP contribution in [-0.2, 0) is 0 Å². The van der Waals surface area contributed by atoms with Crippen molar-refractivity contribution in [1.29, 1.82) is 0 Å². The Hall–Kier alpha value is -1.65. The molecule has 0 saturated heterocycles. The van der Waals surface area contributed by atoms with Gasteiger partial charge in [0, 0.05) is 18.7 Å². The van der Waals surface area contributed by atoms with Gasteiger partial charge in [0.15, 0.2) is 0 Å². The number of halogens is 2. The molecule has 3 nitrogen and oxygen atoms in total. The van der Waals surface area contributed by atoms with Gasteiger partial charge in [0.05, 0.1) is 0 Å². The Morgan fingerprint density at radius 3 is 2.05 bits per heavy atom. The predicted molar refractivity (Wildman–Crippen MR) is 71.8 cm³/mol. The van der Waals surface area contributed by atoms with Gasteiger partial charge in [-0.3, -0.25) is 4.79 Å². The van der Waals surface area contributed by atoms with Crippen LogP contribution >= 0.6 is 0 Å². The van der Waals surface area contributed by atoms with E-state index in [0.717, 1.165) is 12.1 Å². The first-order valence-electron chi connectivity index (χ1n) is 6.07. The van der Waals surface area contributed by atoms with Crippen molar-refractivity contribution in [3.8, 4) is 0 Å². The van der Waals surface area contributed by atoms with Crippen LogP contribution in [0.15, 0.2) is 12.1 Å². The molecule has 0 spiro atoms. The van der Waals surface area contributed by atoms with Gasteiger partial charge in [-0.2, -0.15) is 0 Å². The fourth-order valence-electron chi connectivity index (χ4n) is 1.67. The first-order valence-corrected chi connectivity index (χ1v) is 6.07. The maximum absolute atomic E-state index is 13.4.